The number of benzene rings is 1. The minimum Gasteiger partial charge on any atom is -0.407 e. The Morgan fingerprint density at radius 1 is 1.47 bits per heavy atom. The molecule has 0 aliphatic rings. The first-order valence-electron chi connectivity index (χ1n) is 5.08. The van der Waals surface area contributed by atoms with E-state index in [0.29, 0.717) is 0 Å². The highest BCUT2D eigenvalue weighted by molar-refractivity contribution is 5.71. The fourth-order valence-corrected chi connectivity index (χ4v) is 1.13. The standard InChI is InChI=1S/C13H14FNO2/c1-5-9-7-6-8-10(11(9)14)17-12(16)15-13(2,3)4/h1,6-8H,2-4H3,(H,15,16). The van der Waals surface area contributed by atoms with Gasteiger partial charge < -0.3 is 10.1 Å². The van der Waals surface area contributed by atoms with E-state index in [1.807, 2.05) is 0 Å². The molecule has 1 aromatic carbocycles. The zero-order valence-electron chi connectivity index (χ0n) is 10.0. The molecule has 0 spiro atoms. The first-order valence-corrected chi connectivity index (χ1v) is 5.08. The number of halogens is 1. The summed E-state index contributed by atoms with van der Waals surface area (Å²) in [6.45, 7) is 5.38. The molecule has 0 aliphatic heterocycles. The molecule has 4 heteroatoms. The van der Waals surface area contributed by atoms with Crippen LogP contribution >= 0.6 is 0 Å². The van der Waals surface area contributed by atoms with Crippen LogP contribution in [-0.2, 0) is 0 Å². The Balaban J connectivity index is 2.83. The number of rotatable bonds is 1. The summed E-state index contributed by atoms with van der Waals surface area (Å²) in [5.74, 6) is 1.28. The molecular formula is C13H14FNO2. The summed E-state index contributed by atoms with van der Waals surface area (Å²) in [5, 5.41) is 2.55. The van der Waals surface area contributed by atoms with E-state index in [4.69, 9.17) is 11.2 Å². The van der Waals surface area contributed by atoms with Crippen LogP contribution in [0.15, 0.2) is 18.2 Å². The van der Waals surface area contributed by atoms with Gasteiger partial charge in [-0.25, -0.2) is 9.18 Å². The molecule has 0 fully saturated rings. The highest BCUT2D eigenvalue weighted by Crippen LogP contribution is 2.20. The van der Waals surface area contributed by atoms with E-state index < -0.39 is 17.4 Å². The van der Waals surface area contributed by atoms with Gasteiger partial charge in [0, 0.05) is 5.54 Å². The van der Waals surface area contributed by atoms with Crippen molar-refractivity contribution in [1.82, 2.24) is 5.32 Å². The van der Waals surface area contributed by atoms with Gasteiger partial charge in [0.05, 0.1) is 5.56 Å². The molecule has 3 nitrogen and oxygen atoms in total. The third kappa shape index (κ3) is 3.80. The van der Waals surface area contributed by atoms with Crippen LogP contribution < -0.4 is 10.1 Å². The van der Waals surface area contributed by atoms with Gasteiger partial charge >= 0.3 is 6.09 Å². The van der Waals surface area contributed by atoms with Crippen LogP contribution in [0.3, 0.4) is 0 Å². The maximum atomic E-state index is 13.6. The number of hydrogen-bond donors (Lipinski definition) is 1. The number of terminal acetylenes is 1. The summed E-state index contributed by atoms with van der Waals surface area (Å²) in [6.07, 6.45) is 4.39. The van der Waals surface area contributed by atoms with Crippen molar-refractivity contribution in [2.75, 3.05) is 0 Å². The van der Waals surface area contributed by atoms with Gasteiger partial charge in [-0.2, -0.15) is 0 Å². The topological polar surface area (TPSA) is 38.3 Å². The zero-order chi connectivity index (χ0) is 13.1. The smallest absolute Gasteiger partial charge is 0.407 e. The molecule has 0 bridgehead atoms. The Hall–Kier alpha value is -2.02. The number of carbonyl (C=O) groups excluding carboxylic acids is 1. The second kappa shape index (κ2) is 4.88. The zero-order valence-corrected chi connectivity index (χ0v) is 10.0. The van der Waals surface area contributed by atoms with Gasteiger partial charge in [-0.15, -0.1) is 6.42 Å². The molecule has 1 amide bonds. The van der Waals surface area contributed by atoms with Crippen molar-refractivity contribution in [3.05, 3.63) is 29.6 Å². The molecule has 0 saturated carbocycles. The van der Waals surface area contributed by atoms with E-state index in [0.717, 1.165) is 0 Å². The summed E-state index contributed by atoms with van der Waals surface area (Å²) >= 11 is 0. The summed E-state index contributed by atoms with van der Waals surface area (Å²) in [4.78, 5) is 11.4. The van der Waals surface area contributed by atoms with Gasteiger partial charge in [-0.1, -0.05) is 12.0 Å². The maximum Gasteiger partial charge on any atom is 0.413 e. The summed E-state index contributed by atoms with van der Waals surface area (Å²) < 4.78 is 18.5. The van der Waals surface area contributed by atoms with E-state index in [-0.39, 0.29) is 11.3 Å². The van der Waals surface area contributed by atoms with E-state index in [1.165, 1.54) is 18.2 Å². The molecule has 0 unspecified atom stereocenters. The van der Waals surface area contributed by atoms with Gasteiger partial charge in [0.15, 0.2) is 11.6 Å². The van der Waals surface area contributed by atoms with Crippen LogP contribution in [-0.4, -0.2) is 11.6 Å². The SMILES string of the molecule is C#Cc1cccc(OC(=O)NC(C)(C)C)c1F. The normalized spacial score (nSPS) is 10.5. The number of nitrogens with one attached hydrogen (secondary N) is 1. The molecule has 0 heterocycles. The van der Waals surface area contributed by atoms with E-state index >= 15 is 0 Å². The van der Waals surface area contributed by atoms with Crippen LogP contribution in [0.25, 0.3) is 0 Å². The predicted molar refractivity (Wildman–Crippen MR) is 63.2 cm³/mol. The number of ether oxygens (including phenoxy) is 1. The Labute approximate surface area is 100.0 Å². The summed E-state index contributed by atoms with van der Waals surface area (Å²) in [7, 11) is 0. The predicted octanol–water partition coefficient (Wildman–Crippen LogP) is 2.69. The van der Waals surface area contributed by atoms with Gasteiger partial charge in [0.25, 0.3) is 0 Å². The van der Waals surface area contributed by atoms with Crippen molar-refractivity contribution in [3.8, 4) is 18.1 Å². The molecule has 1 rings (SSSR count). The van der Waals surface area contributed by atoms with Crippen LogP contribution in [0.1, 0.15) is 26.3 Å². The molecule has 1 N–H and O–H groups in total. The third-order valence-electron chi connectivity index (χ3n) is 1.80. The highest BCUT2D eigenvalue weighted by Gasteiger charge is 2.17. The highest BCUT2D eigenvalue weighted by atomic mass is 19.1. The Morgan fingerprint density at radius 3 is 2.65 bits per heavy atom. The second-order valence-corrected chi connectivity index (χ2v) is 4.53. The van der Waals surface area contributed by atoms with Gasteiger partial charge in [-0.05, 0) is 32.9 Å². The van der Waals surface area contributed by atoms with Crippen molar-refractivity contribution in [3.63, 3.8) is 0 Å². The number of carbonyl (C=O) groups is 1. The lowest BCUT2D eigenvalue weighted by Gasteiger charge is -2.19. The van der Waals surface area contributed by atoms with Crippen LogP contribution in [0.5, 0.6) is 5.75 Å². The fourth-order valence-electron chi connectivity index (χ4n) is 1.13. The summed E-state index contributed by atoms with van der Waals surface area (Å²) in [5.41, 5.74) is -0.386. The summed E-state index contributed by atoms with van der Waals surface area (Å²) in [6, 6.07) is 4.31. The number of amides is 1. The minimum atomic E-state index is -0.717. The van der Waals surface area contributed by atoms with E-state index in [1.54, 1.807) is 20.8 Å². The fraction of sp³-hybridized carbons (Fsp3) is 0.308. The van der Waals surface area contributed by atoms with Crippen LogP contribution in [0.4, 0.5) is 9.18 Å². The molecule has 0 aliphatic carbocycles. The molecule has 0 atom stereocenters. The lowest BCUT2D eigenvalue weighted by molar-refractivity contribution is 0.188. The van der Waals surface area contributed by atoms with E-state index in [2.05, 4.69) is 11.2 Å². The molecule has 0 radical (unpaired) electrons. The minimum absolute atomic E-state index is 0.0612. The average Bonchev–Trinajstić information content (AvgIpc) is 2.18. The van der Waals surface area contributed by atoms with Crippen molar-refractivity contribution in [2.45, 2.75) is 26.3 Å². The van der Waals surface area contributed by atoms with Crippen molar-refractivity contribution in [2.24, 2.45) is 0 Å². The quantitative estimate of drug-likeness (QED) is 0.760. The Kier molecular flexibility index (Phi) is 3.74. The molecule has 0 aromatic heterocycles. The van der Waals surface area contributed by atoms with Crippen LogP contribution in [0.2, 0.25) is 0 Å². The first kappa shape index (κ1) is 13.0. The molecule has 90 valence electrons. The maximum absolute atomic E-state index is 13.6. The lowest BCUT2D eigenvalue weighted by atomic mass is 10.1. The monoisotopic (exact) mass is 235 g/mol. The Bertz CT molecular complexity index is 469. The van der Waals surface area contributed by atoms with Gasteiger partial charge in [0.1, 0.15) is 0 Å². The molecular weight excluding hydrogens is 221 g/mol. The molecule has 1 aromatic rings. The lowest BCUT2D eigenvalue weighted by Crippen LogP contribution is -2.42. The van der Waals surface area contributed by atoms with Gasteiger partial charge in [0.2, 0.25) is 0 Å². The van der Waals surface area contributed by atoms with Crippen molar-refractivity contribution in [1.29, 1.82) is 0 Å². The van der Waals surface area contributed by atoms with Gasteiger partial charge in [-0.3, -0.25) is 0 Å². The van der Waals surface area contributed by atoms with E-state index in [9.17, 15) is 9.18 Å². The average molecular weight is 235 g/mol. The molecule has 17 heavy (non-hydrogen) atoms. The first-order chi connectivity index (χ1) is 7.83. The molecule has 0 saturated heterocycles. The number of hydrogen-bond acceptors (Lipinski definition) is 2. The third-order valence-corrected chi connectivity index (χ3v) is 1.80. The Morgan fingerprint density at radius 2 is 2.12 bits per heavy atom. The van der Waals surface area contributed by atoms with Crippen LogP contribution in [0, 0.1) is 18.2 Å². The van der Waals surface area contributed by atoms with Crippen molar-refractivity contribution >= 4 is 6.09 Å². The largest absolute Gasteiger partial charge is 0.413 e. The van der Waals surface area contributed by atoms with Crippen molar-refractivity contribution < 1.29 is 13.9 Å². The second-order valence-electron chi connectivity index (χ2n) is 4.53.